The lowest BCUT2D eigenvalue weighted by atomic mass is 9.90. The molecule has 2 heteroatoms. The summed E-state index contributed by atoms with van der Waals surface area (Å²) in [5, 5.41) is 3.41. The van der Waals surface area contributed by atoms with Gasteiger partial charge in [0.25, 0.3) is 0 Å². The van der Waals surface area contributed by atoms with Crippen LogP contribution in [0.4, 0.5) is 0 Å². The largest absolute Gasteiger partial charge is 0.317 e. The lowest BCUT2D eigenvalue weighted by Gasteiger charge is -2.23. The molecule has 1 aromatic rings. The predicted molar refractivity (Wildman–Crippen MR) is 63.1 cm³/mol. The van der Waals surface area contributed by atoms with Crippen LogP contribution in [0.15, 0.2) is 29.2 Å². The Bertz CT molecular complexity index is 292. The Morgan fingerprint density at radius 1 is 1.29 bits per heavy atom. The van der Waals surface area contributed by atoms with Crippen LogP contribution in [0.1, 0.15) is 24.3 Å². The first-order valence-corrected chi connectivity index (χ1v) is 6.47. The van der Waals surface area contributed by atoms with Crippen molar-refractivity contribution in [3.05, 3.63) is 29.8 Å². The molecule has 1 aromatic carbocycles. The third-order valence-corrected chi connectivity index (χ3v) is 3.63. The first-order chi connectivity index (χ1) is 6.90. The average Bonchev–Trinajstić information content (AvgIpc) is 2.30. The first kappa shape index (κ1) is 10.1. The van der Waals surface area contributed by atoms with Gasteiger partial charge in [0.05, 0.1) is 0 Å². The van der Waals surface area contributed by atoms with Crippen molar-refractivity contribution in [3.63, 3.8) is 0 Å². The Hall–Kier alpha value is -0.470. The average molecular weight is 207 g/mol. The number of piperidine rings is 1. The minimum absolute atomic E-state index is 0.781. The Morgan fingerprint density at radius 3 is 2.79 bits per heavy atom. The van der Waals surface area contributed by atoms with Crippen LogP contribution < -0.4 is 5.32 Å². The molecule has 0 radical (unpaired) electrons. The molecular formula is C12H17NS. The van der Waals surface area contributed by atoms with Crippen LogP contribution in [-0.2, 0) is 0 Å². The number of nitrogens with one attached hydrogen (secondary N) is 1. The highest BCUT2D eigenvalue weighted by molar-refractivity contribution is 7.98. The van der Waals surface area contributed by atoms with Crippen LogP contribution in [0.3, 0.4) is 0 Å². The maximum absolute atomic E-state index is 3.41. The molecule has 0 saturated carbocycles. The highest BCUT2D eigenvalue weighted by Gasteiger charge is 2.14. The SMILES string of the molecule is CSc1cccc(C2CCNCC2)c1. The Labute approximate surface area is 90.3 Å². The molecule has 1 fully saturated rings. The molecule has 0 aliphatic carbocycles. The van der Waals surface area contributed by atoms with E-state index in [1.165, 1.54) is 36.4 Å². The van der Waals surface area contributed by atoms with Crippen molar-refractivity contribution >= 4 is 11.8 Å². The molecule has 1 nitrogen and oxygen atoms in total. The molecule has 0 aromatic heterocycles. The molecule has 1 aliphatic heterocycles. The molecule has 1 heterocycles. The van der Waals surface area contributed by atoms with Crippen LogP contribution in [0.25, 0.3) is 0 Å². The van der Waals surface area contributed by atoms with Crippen molar-refractivity contribution in [2.75, 3.05) is 19.3 Å². The van der Waals surface area contributed by atoms with E-state index >= 15 is 0 Å². The quantitative estimate of drug-likeness (QED) is 0.748. The van der Waals surface area contributed by atoms with Gasteiger partial charge in [-0.05, 0) is 55.8 Å². The van der Waals surface area contributed by atoms with Gasteiger partial charge in [-0.3, -0.25) is 0 Å². The van der Waals surface area contributed by atoms with Crippen LogP contribution in [0.5, 0.6) is 0 Å². The zero-order valence-corrected chi connectivity index (χ0v) is 9.44. The molecule has 0 amide bonds. The topological polar surface area (TPSA) is 12.0 Å². The van der Waals surface area contributed by atoms with Gasteiger partial charge in [0, 0.05) is 4.90 Å². The highest BCUT2D eigenvalue weighted by Crippen LogP contribution is 2.27. The number of rotatable bonds is 2. The van der Waals surface area contributed by atoms with E-state index in [2.05, 4.69) is 35.8 Å². The highest BCUT2D eigenvalue weighted by atomic mass is 32.2. The summed E-state index contributed by atoms with van der Waals surface area (Å²) in [7, 11) is 0. The van der Waals surface area contributed by atoms with Crippen molar-refractivity contribution in [1.82, 2.24) is 5.32 Å². The predicted octanol–water partition coefficient (Wildman–Crippen LogP) is 2.88. The van der Waals surface area contributed by atoms with E-state index in [-0.39, 0.29) is 0 Å². The molecule has 1 N–H and O–H groups in total. The minimum atomic E-state index is 0.781. The minimum Gasteiger partial charge on any atom is -0.317 e. The smallest absolute Gasteiger partial charge is 0.00719 e. The second-order valence-corrected chi connectivity index (χ2v) is 4.68. The van der Waals surface area contributed by atoms with Crippen LogP contribution in [-0.4, -0.2) is 19.3 Å². The normalized spacial score (nSPS) is 18.4. The van der Waals surface area contributed by atoms with Crippen LogP contribution in [0, 0.1) is 0 Å². The lowest BCUT2D eigenvalue weighted by Crippen LogP contribution is -2.26. The third-order valence-electron chi connectivity index (χ3n) is 2.90. The van der Waals surface area contributed by atoms with Crippen LogP contribution in [0.2, 0.25) is 0 Å². The van der Waals surface area contributed by atoms with Gasteiger partial charge in [0.2, 0.25) is 0 Å². The summed E-state index contributed by atoms with van der Waals surface area (Å²) in [6, 6.07) is 8.99. The van der Waals surface area contributed by atoms with Crippen molar-refractivity contribution < 1.29 is 0 Å². The summed E-state index contributed by atoms with van der Waals surface area (Å²) >= 11 is 1.83. The summed E-state index contributed by atoms with van der Waals surface area (Å²) in [6.45, 7) is 2.35. The lowest BCUT2D eigenvalue weighted by molar-refractivity contribution is 0.460. The van der Waals surface area contributed by atoms with E-state index in [0.717, 1.165) is 5.92 Å². The molecule has 1 aliphatic rings. The van der Waals surface area contributed by atoms with Crippen molar-refractivity contribution in [2.45, 2.75) is 23.7 Å². The zero-order valence-electron chi connectivity index (χ0n) is 8.62. The van der Waals surface area contributed by atoms with Crippen molar-refractivity contribution in [1.29, 1.82) is 0 Å². The zero-order chi connectivity index (χ0) is 9.80. The fraction of sp³-hybridized carbons (Fsp3) is 0.500. The summed E-state index contributed by atoms with van der Waals surface area (Å²) < 4.78 is 0. The summed E-state index contributed by atoms with van der Waals surface area (Å²) in [5.41, 5.74) is 1.53. The molecular weight excluding hydrogens is 190 g/mol. The number of benzene rings is 1. The molecule has 14 heavy (non-hydrogen) atoms. The third kappa shape index (κ3) is 2.31. The Kier molecular flexibility index (Phi) is 3.49. The molecule has 76 valence electrons. The Morgan fingerprint density at radius 2 is 2.07 bits per heavy atom. The fourth-order valence-corrected chi connectivity index (χ4v) is 2.52. The molecule has 0 unspecified atom stereocenters. The van der Waals surface area contributed by atoms with Gasteiger partial charge >= 0.3 is 0 Å². The summed E-state index contributed by atoms with van der Waals surface area (Å²) in [6.07, 6.45) is 4.72. The second kappa shape index (κ2) is 4.85. The standard InChI is InChI=1S/C12H17NS/c1-14-12-4-2-3-11(9-12)10-5-7-13-8-6-10/h2-4,9-10,13H,5-8H2,1H3. The van der Waals surface area contributed by atoms with Gasteiger partial charge in [0.1, 0.15) is 0 Å². The van der Waals surface area contributed by atoms with Gasteiger partial charge < -0.3 is 5.32 Å². The first-order valence-electron chi connectivity index (χ1n) is 5.25. The molecule has 2 rings (SSSR count). The van der Waals surface area contributed by atoms with E-state index in [1.807, 2.05) is 11.8 Å². The van der Waals surface area contributed by atoms with Gasteiger partial charge in [-0.15, -0.1) is 11.8 Å². The van der Waals surface area contributed by atoms with Gasteiger partial charge in [0.15, 0.2) is 0 Å². The van der Waals surface area contributed by atoms with E-state index in [1.54, 1.807) is 0 Å². The number of thioether (sulfide) groups is 1. The summed E-state index contributed by atoms with van der Waals surface area (Å²) in [4.78, 5) is 1.39. The molecule has 1 saturated heterocycles. The Balaban J connectivity index is 2.13. The van der Waals surface area contributed by atoms with E-state index in [0.29, 0.717) is 0 Å². The second-order valence-electron chi connectivity index (χ2n) is 3.80. The van der Waals surface area contributed by atoms with Crippen molar-refractivity contribution in [3.8, 4) is 0 Å². The number of hydrogen-bond donors (Lipinski definition) is 1. The van der Waals surface area contributed by atoms with E-state index in [9.17, 15) is 0 Å². The molecule has 0 atom stereocenters. The van der Waals surface area contributed by atoms with Crippen molar-refractivity contribution in [2.24, 2.45) is 0 Å². The van der Waals surface area contributed by atoms with Gasteiger partial charge in [-0.1, -0.05) is 12.1 Å². The van der Waals surface area contributed by atoms with Gasteiger partial charge in [-0.25, -0.2) is 0 Å². The van der Waals surface area contributed by atoms with E-state index < -0.39 is 0 Å². The van der Waals surface area contributed by atoms with E-state index in [4.69, 9.17) is 0 Å². The number of hydrogen-bond acceptors (Lipinski definition) is 2. The van der Waals surface area contributed by atoms with Crippen LogP contribution >= 0.6 is 11.8 Å². The monoisotopic (exact) mass is 207 g/mol. The molecule has 0 bridgehead atoms. The fourth-order valence-electron chi connectivity index (χ4n) is 2.05. The molecule has 0 spiro atoms. The maximum atomic E-state index is 3.41. The summed E-state index contributed by atoms with van der Waals surface area (Å²) in [5.74, 6) is 0.781. The van der Waals surface area contributed by atoms with Gasteiger partial charge in [-0.2, -0.15) is 0 Å². The maximum Gasteiger partial charge on any atom is 0.00719 e.